The SMILES string of the molecule is COCCCS(=O)(=O)N1CCC(C)C1CN. The van der Waals surface area contributed by atoms with Gasteiger partial charge in [-0.3, -0.25) is 0 Å². The van der Waals surface area contributed by atoms with Gasteiger partial charge in [-0.25, -0.2) is 8.42 Å². The molecule has 2 unspecified atom stereocenters. The van der Waals surface area contributed by atoms with Crippen molar-refractivity contribution in [2.75, 3.05) is 32.6 Å². The second-order valence-corrected chi connectivity index (χ2v) is 6.38. The number of hydrogen-bond acceptors (Lipinski definition) is 4. The zero-order chi connectivity index (χ0) is 12.2. The van der Waals surface area contributed by atoms with Crippen molar-refractivity contribution in [3.8, 4) is 0 Å². The minimum Gasteiger partial charge on any atom is -0.385 e. The van der Waals surface area contributed by atoms with Gasteiger partial charge in [-0.1, -0.05) is 6.92 Å². The predicted octanol–water partition coefficient (Wildman–Crippen LogP) is 0.0218. The van der Waals surface area contributed by atoms with Crippen LogP contribution >= 0.6 is 0 Å². The lowest BCUT2D eigenvalue weighted by Crippen LogP contribution is -2.43. The quantitative estimate of drug-likeness (QED) is 0.675. The largest absolute Gasteiger partial charge is 0.385 e. The highest BCUT2D eigenvalue weighted by Gasteiger charge is 2.37. The average molecular weight is 250 g/mol. The molecule has 6 heteroatoms. The first-order chi connectivity index (χ1) is 7.53. The summed E-state index contributed by atoms with van der Waals surface area (Å²) in [4.78, 5) is 0. The summed E-state index contributed by atoms with van der Waals surface area (Å²) < 4.78 is 30.5. The van der Waals surface area contributed by atoms with E-state index in [1.165, 1.54) is 0 Å². The fraction of sp³-hybridized carbons (Fsp3) is 1.00. The molecule has 1 rings (SSSR count). The van der Waals surface area contributed by atoms with Crippen LogP contribution in [0, 0.1) is 5.92 Å². The van der Waals surface area contributed by atoms with Crippen LogP contribution in [0.15, 0.2) is 0 Å². The van der Waals surface area contributed by atoms with E-state index in [1.54, 1.807) is 11.4 Å². The maximum Gasteiger partial charge on any atom is 0.214 e. The van der Waals surface area contributed by atoms with Crippen LogP contribution in [0.4, 0.5) is 0 Å². The van der Waals surface area contributed by atoms with Gasteiger partial charge in [-0.15, -0.1) is 0 Å². The van der Waals surface area contributed by atoms with Crippen LogP contribution < -0.4 is 5.73 Å². The molecular weight excluding hydrogens is 228 g/mol. The Hall–Kier alpha value is -0.170. The first-order valence-electron chi connectivity index (χ1n) is 5.71. The number of methoxy groups -OCH3 is 1. The third-order valence-corrected chi connectivity index (χ3v) is 5.15. The van der Waals surface area contributed by atoms with Crippen molar-refractivity contribution in [3.63, 3.8) is 0 Å². The first kappa shape index (κ1) is 13.9. The molecule has 1 fully saturated rings. The third-order valence-electron chi connectivity index (χ3n) is 3.18. The molecule has 1 heterocycles. The summed E-state index contributed by atoms with van der Waals surface area (Å²) in [5.41, 5.74) is 5.64. The van der Waals surface area contributed by atoms with Crippen LogP contribution in [0.2, 0.25) is 0 Å². The topological polar surface area (TPSA) is 72.6 Å². The van der Waals surface area contributed by atoms with Gasteiger partial charge in [-0.2, -0.15) is 4.31 Å². The Morgan fingerprint density at radius 1 is 1.50 bits per heavy atom. The van der Waals surface area contributed by atoms with E-state index in [4.69, 9.17) is 10.5 Å². The Bertz CT molecular complexity index is 305. The van der Waals surface area contributed by atoms with E-state index >= 15 is 0 Å². The van der Waals surface area contributed by atoms with Gasteiger partial charge in [0.25, 0.3) is 0 Å². The van der Waals surface area contributed by atoms with Gasteiger partial charge in [0.15, 0.2) is 0 Å². The number of nitrogens with two attached hydrogens (primary N) is 1. The third kappa shape index (κ3) is 3.16. The van der Waals surface area contributed by atoms with E-state index in [0.717, 1.165) is 6.42 Å². The highest BCUT2D eigenvalue weighted by Crippen LogP contribution is 2.26. The lowest BCUT2D eigenvalue weighted by atomic mass is 10.0. The van der Waals surface area contributed by atoms with Crippen LogP contribution in [0.3, 0.4) is 0 Å². The molecule has 0 saturated carbocycles. The monoisotopic (exact) mass is 250 g/mol. The maximum atomic E-state index is 12.0. The molecule has 0 aromatic rings. The van der Waals surface area contributed by atoms with Crippen molar-refractivity contribution in [3.05, 3.63) is 0 Å². The number of sulfonamides is 1. The highest BCUT2D eigenvalue weighted by atomic mass is 32.2. The Morgan fingerprint density at radius 3 is 2.75 bits per heavy atom. The molecule has 0 aromatic carbocycles. The molecule has 2 atom stereocenters. The highest BCUT2D eigenvalue weighted by molar-refractivity contribution is 7.89. The standard InChI is InChI=1S/C10H22N2O3S/c1-9-4-5-12(10(9)8-11)16(13,14)7-3-6-15-2/h9-10H,3-8,11H2,1-2H3. The lowest BCUT2D eigenvalue weighted by molar-refractivity contribution is 0.199. The van der Waals surface area contributed by atoms with Gasteiger partial charge in [0.1, 0.15) is 0 Å². The zero-order valence-corrected chi connectivity index (χ0v) is 10.9. The van der Waals surface area contributed by atoms with E-state index in [0.29, 0.717) is 32.0 Å². The molecule has 1 aliphatic heterocycles. The smallest absolute Gasteiger partial charge is 0.214 e. The predicted molar refractivity (Wildman–Crippen MR) is 63.6 cm³/mol. The van der Waals surface area contributed by atoms with Crippen molar-refractivity contribution in [2.45, 2.75) is 25.8 Å². The lowest BCUT2D eigenvalue weighted by Gasteiger charge is -2.24. The van der Waals surface area contributed by atoms with E-state index in [9.17, 15) is 8.42 Å². The Morgan fingerprint density at radius 2 is 2.19 bits per heavy atom. The summed E-state index contributed by atoms with van der Waals surface area (Å²) in [5.74, 6) is 0.520. The van der Waals surface area contributed by atoms with Gasteiger partial charge in [0.05, 0.1) is 5.75 Å². The van der Waals surface area contributed by atoms with Crippen LogP contribution in [0.5, 0.6) is 0 Å². The summed E-state index contributed by atoms with van der Waals surface area (Å²) in [7, 11) is -1.58. The second-order valence-electron chi connectivity index (χ2n) is 4.34. The normalized spacial score (nSPS) is 27.4. The van der Waals surface area contributed by atoms with Crippen molar-refractivity contribution < 1.29 is 13.2 Å². The van der Waals surface area contributed by atoms with Crippen LogP contribution in [0.25, 0.3) is 0 Å². The molecule has 0 spiro atoms. The van der Waals surface area contributed by atoms with Gasteiger partial charge < -0.3 is 10.5 Å². The summed E-state index contributed by atoms with van der Waals surface area (Å²) >= 11 is 0. The molecule has 0 bridgehead atoms. The molecule has 1 saturated heterocycles. The van der Waals surface area contributed by atoms with Gasteiger partial charge in [-0.05, 0) is 18.8 Å². The Labute approximate surface area is 98.0 Å². The van der Waals surface area contributed by atoms with Crippen molar-refractivity contribution in [1.29, 1.82) is 0 Å². The fourth-order valence-corrected chi connectivity index (χ4v) is 3.98. The summed E-state index contributed by atoms with van der Waals surface area (Å²) in [5, 5.41) is 0. The van der Waals surface area contributed by atoms with E-state index in [2.05, 4.69) is 6.92 Å². The van der Waals surface area contributed by atoms with Gasteiger partial charge in [0.2, 0.25) is 10.0 Å². The van der Waals surface area contributed by atoms with Crippen molar-refractivity contribution >= 4 is 10.0 Å². The molecule has 96 valence electrons. The van der Waals surface area contributed by atoms with Crippen molar-refractivity contribution in [2.24, 2.45) is 11.7 Å². The van der Waals surface area contributed by atoms with Crippen LogP contribution in [0.1, 0.15) is 19.8 Å². The number of rotatable bonds is 6. The van der Waals surface area contributed by atoms with E-state index in [-0.39, 0.29) is 11.8 Å². The molecule has 5 nitrogen and oxygen atoms in total. The molecule has 0 radical (unpaired) electrons. The number of hydrogen-bond donors (Lipinski definition) is 1. The first-order valence-corrected chi connectivity index (χ1v) is 7.32. The summed E-state index contributed by atoms with van der Waals surface area (Å²) in [6.45, 7) is 3.56. The second kappa shape index (κ2) is 5.95. The molecule has 0 amide bonds. The van der Waals surface area contributed by atoms with E-state index in [1.807, 2.05) is 0 Å². The Kier molecular flexibility index (Phi) is 5.17. The minimum atomic E-state index is -3.15. The van der Waals surface area contributed by atoms with Gasteiger partial charge in [0, 0.05) is 32.8 Å². The van der Waals surface area contributed by atoms with Crippen LogP contribution in [-0.2, 0) is 14.8 Å². The summed E-state index contributed by atoms with van der Waals surface area (Å²) in [6, 6.07) is -0.0208. The number of ether oxygens (including phenoxy) is 1. The molecule has 0 aromatic heterocycles. The minimum absolute atomic E-state index is 0.0208. The molecule has 1 aliphatic rings. The fourth-order valence-electron chi connectivity index (χ4n) is 2.17. The van der Waals surface area contributed by atoms with Gasteiger partial charge >= 0.3 is 0 Å². The van der Waals surface area contributed by atoms with Crippen LogP contribution in [-0.4, -0.2) is 51.3 Å². The Balaban J connectivity index is 2.61. The molecule has 16 heavy (non-hydrogen) atoms. The molecule has 0 aliphatic carbocycles. The average Bonchev–Trinajstić information content (AvgIpc) is 2.60. The summed E-state index contributed by atoms with van der Waals surface area (Å²) in [6.07, 6.45) is 1.45. The maximum absolute atomic E-state index is 12.0. The zero-order valence-electron chi connectivity index (χ0n) is 10.1. The number of nitrogens with zero attached hydrogens (tertiary/aromatic N) is 1. The molecular formula is C10H22N2O3S. The molecule has 2 N–H and O–H groups in total. The van der Waals surface area contributed by atoms with Crippen molar-refractivity contribution in [1.82, 2.24) is 4.31 Å². The van der Waals surface area contributed by atoms with E-state index < -0.39 is 10.0 Å².